The smallest absolute Gasteiger partial charge is 0.255 e. The van der Waals surface area contributed by atoms with Gasteiger partial charge in [-0.2, -0.15) is 0 Å². The highest BCUT2D eigenvalue weighted by Gasteiger charge is 2.41. The lowest BCUT2D eigenvalue weighted by Gasteiger charge is -2.37. The number of amides is 1. The zero-order valence-electron chi connectivity index (χ0n) is 15.3. The lowest BCUT2D eigenvalue weighted by atomic mass is 9.87. The average Bonchev–Trinajstić information content (AvgIpc) is 3.26. The Morgan fingerprint density at radius 3 is 2.77 bits per heavy atom. The molecule has 2 saturated heterocycles. The second kappa shape index (κ2) is 6.10. The fourth-order valence-electron chi connectivity index (χ4n) is 4.80. The number of ether oxygens (including phenoxy) is 2. The molecule has 138 valence electrons. The topological polar surface area (TPSA) is 54.6 Å². The van der Waals surface area contributed by atoms with Gasteiger partial charge in [-0.3, -0.25) is 4.79 Å². The molecule has 1 aromatic heterocycles. The van der Waals surface area contributed by atoms with Crippen LogP contribution in [0.25, 0.3) is 10.9 Å². The van der Waals surface area contributed by atoms with Gasteiger partial charge in [-0.25, -0.2) is 0 Å². The molecular formula is C21H26N2O3. The van der Waals surface area contributed by atoms with Crippen LogP contribution >= 0.6 is 0 Å². The molecule has 5 heteroatoms. The van der Waals surface area contributed by atoms with Gasteiger partial charge < -0.3 is 19.4 Å². The number of aromatic amines is 1. The molecule has 1 amide bonds. The minimum Gasteiger partial charge on any atom is -0.358 e. The highest BCUT2D eigenvalue weighted by Crippen LogP contribution is 2.35. The third-order valence-electron chi connectivity index (χ3n) is 6.33. The minimum atomic E-state index is -0.440. The summed E-state index contributed by atoms with van der Waals surface area (Å²) in [7, 11) is 0. The molecule has 0 unspecified atom stereocenters. The summed E-state index contributed by atoms with van der Waals surface area (Å²) in [6.07, 6.45) is 4.92. The first kappa shape index (κ1) is 16.3. The average molecular weight is 354 g/mol. The standard InChI is InChI=1S/C21H26N2O3/c1-14-5-6-18-17(13-14)15-3-2-4-16(19(15)22-18)20(24)23-9-7-21(8-10-23)25-11-12-26-21/h2-4,14,22H,5-13H2,1H3/t14-/m0/s1. The Morgan fingerprint density at radius 2 is 2.00 bits per heavy atom. The van der Waals surface area contributed by atoms with Gasteiger partial charge in [0.05, 0.1) is 24.3 Å². The Labute approximate surface area is 153 Å². The zero-order chi connectivity index (χ0) is 17.7. The molecule has 1 spiro atoms. The van der Waals surface area contributed by atoms with E-state index in [2.05, 4.69) is 18.0 Å². The van der Waals surface area contributed by atoms with E-state index in [9.17, 15) is 4.79 Å². The Bertz CT molecular complexity index is 840. The first-order valence-corrected chi connectivity index (χ1v) is 9.85. The number of hydrogen-bond donors (Lipinski definition) is 1. The van der Waals surface area contributed by atoms with E-state index in [4.69, 9.17) is 9.47 Å². The van der Waals surface area contributed by atoms with Crippen molar-refractivity contribution in [1.82, 2.24) is 9.88 Å². The van der Waals surface area contributed by atoms with Gasteiger partial charge in [-0.15, -0.1) is 0 Å². The highest BCUT2D eigenvalue weighted by molar-refractivity contribution is 6.06. The van der Waals surface area contributed by atoms with Crippen LogP contribution in [0.3, 0.4) is 0 Å². The van der Waals surface area contributed by atoms with Crippen molar-refractivity contribution in [2.24, 2.45) is 5.92 Å². The van der Waals surface area contributed by atoms with Crippen molar-refractivity contribution in [3.63, 3.8) is 0 Å². The molecule has 1 N–H and O–H groups in total. The van der Waals surface area contributed by atoms with Gasteiger partial charge >= 0.3 is 0 Å². The predicted octanol–water partition coefficient (Wildman–Crippen LogP) is 3.27. The predicted molar refractivity (Wildman–Crippen MR) is 99.3 cm³/mol. The van der Waals surface area contributed by atoms with Gasteiger partial charge in [0.15, 0.2) is 5.79 Å². The van der Waals surface area contributed by atoms with Gasteiger partial charge in [-0.1, -0.05) is 19.1 Å². The number of likely N-dealkylation sites (tertiary alicyclic amines) is 1. The van der Waals surface area contributed by atoms with Crippen LogP contribution in [0.5, 0.6) is 0 Å². The molecular weight excluding hydrogens is 328 g/mol. The molecule has 3 aliphatic rings. The maximum absolute atomic E-state index is 13.2. The van der Waals surface area contributed by atoms with E-state index in [1.165, 1.54) is 23.1 Å². The lowest BCUT2D eigenvalue weighted by Crippen LogP contribution is -2.47. The largest absolute Gasteiger partial charge is 0.358 e. The third-order valence-corrected chi connectivity index (χ3v) is 6.33. The quantitative estimate of drug-likeness (QED) is 0.855. The Morgan fingerprint density at radius 1 is 1.23 bits per heavy atom. The number of piperidine rings is 1. The Balaban J connectivity index is 1.43. The molecule has 26 heavy (non-hydrogen) atoms. The summed E-state index contributed by atoms with van der Waals surface area (Å²) >= 11 is 0. The van der Waals surface area contributed by atoms with Crippen LogP contribution in [0.2, 0.25) is 0 Å². The molecule has 3 heterocycles. The second-order valence-corrected chi connectivity index (χ2v) is 8.06. The summed E-state index contributed by atoms with van der Waals surface area (Å²) in [6, 6.07) is 6.14. The van der Waals surface area contributed by atoms with Crippen LogP contribution in [0.15, 0.2) is 18.2 Å². The number of H-pyrrole nitrogens is 1. The van der Waals surface area contributed by atoms with E-state index < -0.39 is 5.79 Å². The molecule has 5 nitrogen and oxygen atoms in total. The van der Waals surface area contributed by atoms with Crippen LogP contribution in [0.1, 0.15) is 47.8 Å². The normalized spacial score (nSPS) is 25.0. The number of nitrogens with one attached hydrogen (secondary N) is 1. The number of benzene rings is 1. The highest BCUT2D eigenvalue weighted by atomic mass is 16.7. The first-order valence-electron chi connectivity index (χ1n) is 9.85. The zero-order valence-corrected chi connectivity index (χ0v) is 15.3. The van der Waals surface area contributed by atoms with E-state index in [-0.39, 0.29) is 5.91 Å². The molecule has 0 radical (unpaired) electrons. The van der Waals surface area contributed by atoms with Crippen molar-refractivity contribution in [2.45, 2.75) is 44.8 Å². The van der Waals surface area contributed by atoms with Gasteiger partial charge in [0.25, 0.3) is 5.91 Å². The van der Waals surface area contributed by atoms with E-state index in [0.29, 0.717) is 32.2 Å². The monoisotopic (exact) mass is 354 g/mol. The summed E-state index contributed by atoms with van der Waals surface area (Å²) in [5, 5.41) is 1.23. The van der Waals surface area contributed by atoms with Crippen LogP contribution in [-0.2, 0) is 22.3 Å². The fraction of sp³-hybridized carbons (Fsp3) is 0.571. The van der Waals surface area contributed by atoms with Crippen LogP contribution in [0.4, 0.5) is 0 Å². The van der Waals surface area contributed by atoms with Gasteiger partial charge in [0.2, 0.25) is 0 Å². The maximum atomic E-state index is 13.2. The maximum Gasteiger partial charge on any atom is 0.255 e. The second-order valence-electron chi connectivity index (χ2n) is 8.06. The van der Waals surface area contributed by atoms with E-state index >= 15 is 0 Å². The molecule has 1 aromatic carbocycles. The number of rotatable bonds is 1. The van der Waals surface area contributed by atoms with Crippen LogP contribution in [-0.4, -0.2) is 47.9 Å². The minimum absolute atomic E-state index is 0.120. The molecule has 0 saturated carbocycles. The molecule has 2 aromatic rings. The van der Waals surface area contributed by atoms with Crippen molar-refractivity contribution in [3.8, 4) is 0 Å². The third kappa shape index (κ3) is 2.57. The number of hydrogen-bond acceptors (Lipinski definition) is 3. The molecule has 0 bridgehead atoms. The summed E-state index contributed by atoms with van der Waals surface area (Å²) in [4.78, 5) is 18.7. The summed E-state index contributed by atoms with van der Waals surface area (Å²) in [5.41, 5.74) is 4.56. The van der Waals surface area contributed by atoms with Crippen molar-refractivity contribution < 1.29 is 14.3 Å². The lowest BCUT2D eigenvalue weighted by molar-refractivity contribution is -0.181. The van der Waals surface area contributed by atoms with E-state index in [1.54, 1.807) is 0 Å². The molecule has 2 aliphatic heterocycles. The van der Waals surface area contributed by atoms with Gasteiger partial charge in [-0.05, 0) is 36.8 Å². The van der Waals surface area contributed by atoms with Crippen LogP contribution < -0.4 is 0 Å². The van der Waals surface area contributed by atoms with Crippen molar-refractivity contribution in [3.05, 3.63) is 35.0 Å². The van der Waals surface area contributed by atoms with Crippen molar-refractivity contribution in [2.75, 3.05) is 26.3 Å². The number of aromatic nitrogens is 1. The first-order chi connectivity index (χ1) is 12.7. The van der Waals surface area contributed by atoms with Gasteiger partial charge in [0, 0.05) is 37.0 Å². The van der Waals surface area contributed by atoms with E-state index in [0.717, 1.165) is 36.8 Å². The number of nitrogens with zero attached hydrogens (tertiary/aromatic N) is 1. The van der Waals surface area contributed by atoms with E-state index in [1.807, 2.05) is 17.0 Å². The number of aryl methyl sites for hydroxylation is 1. The number of carbonyl (C=O) groups is 1. The summed E-state index contributed by atoms with van der Waals surface area (Å²) in [6.45, 7) is 5.02. The number of carbonyl (C=O) groups excluding carboxylic acids is 1. The van der Waals surface area contributed by atoms with Crippen molar-refractivity contribution in [1.29, 1.82) is 0 Å². The number of fused-ring (bicyclic) bond motifs is 3. The van der Waals surface area contributed by atoms with Crippen molar-refractivity contribution >= 4 is 16.8 Å². The number of para-hydroxylation sites is 1. The SMILES string of the molecule is C[C@H]1CCc2[nH]c3c(C(=O)N4CCC5(CC4)OCCO5)cccc3c2C1. The van der Waals surface area contributed by atoms with Crippen LogP contribution in [0, 0.1) is 5.92 Å². The fourth-order valence-corrected chi connectivity index (χ4v) is 4.80. The summed E-state index contributed by atoms with van der Waals surface area (Å²) in [5.74, 6) is 0.394. The molecule has 1 aliphatic carbocycles. The summed E-state index contributed by atoms with van der Waals surface area (Å²) < 4.78 is 11.6. The van der Waals surface area contributed by atoms with Gasteiger partial charge in [0.1, 0.15) is 0 Å². The Kier molecular flexibility index (Phi) is 3.83. The molecule has 5 rings (SSSR count). The molecule has 2 fully saturated rings. The Hall–Kier alpha value is -1.85. The molecule has 1 atom stereocenters.